The van der Waals surface area contributed by atoms with Crippen LogP contribution in [0.4, 0.5) is 17.6 Å². The quantitative estimate of drug-likeness (QED) is 0.548. The van der Waals surface area contributed by atoms with E-state index in [1.807, 2.05) is 0 Å². The lowest BCUT2D eigenvalue weighted by molar-refractivity contribution is -0.137. The standard InChI is InChI=1S/C15H9ClF4O2/c1-8(21)9-3-2-4-11(5-9)22-14-12(16)6-10(7-13(14)17)15(18,19)20/h2-7H,1H3. The second-order valence-electron chi connectivity index (χ2n) is 4.45. The van der Waals surface area contributed by atoms with Gasteiger partial charge in [0.1, 0.15) is 5.75 Å². The lowest BCUT2D eigenvalue weighted by Crippen LogP contribution is -2.06. The molecule has 0 unspecified atom stereocenters. The number of carbonyl (C=O) groups excluding carboxylic acids is 1. The van der Waals surface area contributed by atoms with Crippen LogP contribution < -0.4 is 4.74 Å². The summed E-state index contributed by atoms with van der Waals surface area (Å²) in [5.74, 6) is -1.92. The first-order valence-corrected chi connectivity index (χ1v) is 6.41. The first-order valence-electron chi connectivity index (χ1n) is 6.03. The van der Waals surface area contributed by atoms with Gasteiger partial charge in [-0.25, -0.2) is 4.39 Å². The van der Waals surface area contributed by atoms with Crippen molar-refractivity contribution < 1.29 is 27.1 Å². The Kier molecular flexibility index (Phi) is 4.42. The van der Waals surface area contributed by atoms with Crippen molar-refractivity contribution in [3.8, 4) is 11.5 Å². The number of Topliss-reactive ketones (excluding diaryl/α,β-unsaturated/α-hetero) is 1. The number of ether oxygens (including phenoxy) is 1. The van der Waals surface area contributed by atoms with E-state index in [2.05, 4.69) is 0 Å². The van der Waals surface area contributed by atoms with Crippen molar-refractivity contribution in [3.05, 3.63) is 58.4 Å². The second-order valence-corrected chi connectivity index (χ2v) is 4.86. The van der Waals surface area contributed by atoms with Crippen LogP contribution in [0.2, 0.25) is 5.02 Å². The number of halogens is 5. The number of carbonyl (C=O) groups is 1. The zero-order chi connectivity index (χ0) is 16.5. The van der Waals surface area contributed by atoms with Crippen molar-refractivity contribution in [1.29, 1.82) is 0 Å². The fourth-order valence-electron chi connectivity index (χ4n) is 1.72. The smallest absolute Gasteiger partial charge is 0.416 e. The van der Waals surface area contributed by atoms with E-state index in [0.717, 1.165) is 0 Å². The molecular formula is C15H9ClF4O2. The first-order chi connectivity index (χ1) is 10.2. The number of ketones is 1. The van der Waals surface area contributed by atoms with E-state index >= 15 is 0 Å². The maximum absolute atomic E-state index is 13.8. The fraction of sp³-hybridized carbons (Fsp3) is 0.133. The fourth-order valence-corrected chi connectivity index (χ4v) is 1.96. The van der Waals surface area contributed by atoms with Gasteiger partial charge in [0.15, 0.2) is 17.3 Å². The minimum atomic E-state index is -4.71. The van der Waals surface area contributed by atoms with Gasteiger partial charge in [0.05, 0.1) is 10.6 Å². The van der Waals surface area contributed by atoms with Gasteiger partial charge in [0.25, 0.3) is 0 Å². The SMILES string of the molecule is CC(=O)c1cccc(Oc2c(F)cc(C(F)(F)F)cc2Cl)c1. The van der Waals surface area contributed by atoms with E-state index in [9.17, 15) is 22.4 Å². The lowest BCUT2D eigenvalue weighted by Gasteiger charge is -2.12. The predicted octanol–water partition coefficient (Wildman–Crippen LogP) is 5.49. The zero-order valence-corrected chi connectivity index (χ0v) is 11.9. The molecule has 0 fully saturated rings. The number of rotatable bonds is 3. The molecule has 0 amide bonds. The molecule has 116 valence electrons. The average Bonchev–Trinajstić information content (AvgIpc) is 2.42. The average molecular weight is 333 g/mol. The van der Waals surface area contributed by atoms with Crippen LogP contribution in [0.15, 0.2) is 36.4 Å². The van der Waals surface area contributed by atoms with Crippen LogP contribution in [-0.2, 0) is 6.18 Å². The summed E-state index contributed by atoms with van der Waals surface area (Å²) in [4.78, 5) is 11.3. The van der Waals surface area contributed by atoms with Gasteiger partial charge in [-0.05, 0) is 31.2 Å². The molecule has 0 heterocycles. The normalized spacial score (nSPS) is 11.4. The molecular weight excluding hydrogens is 324 g/mol. The number of hydrogen-bond acceptors (Lipinski definition) is 2. The molecule has 0 atom stereocenters. The topological polar surface area (TPSA) is 26.3 Å². The Bertz CT molecular complexity index is 703. The van der Waals surface area contributed by atoms with Gasteiger partial charge in [0, 0.05) is 5.56 Å². The van der Waals surface area contributed by atoms with E-state index in [4.69, 9.17) is 16.3 Å². The maximum atomic E-state index is 13.8. The van der Waals surface area contributed by atoms with Gasteiger partial charge in [0.2, 0.25) is 0 Å². The van der Waals surface area contributed by atoms with Crippen molar-refractivity contribution in [1.82, 2.24) is 0 Å². The first kappa shape index (κ1) is 16.3. The number of alkyl halides is 3. The lowest BCUT2D eigenvalue weighted by atomic mass is 10.1. The van der Waals surface area contributed by atoms with Crippen LogP contribution in [0.25, 0.3) is 0 Å². The van der Waals surface area contributed by atoms with Gasteiger partial charge >= 0.3 is 6.18 Å². The van der Waals surface area contributed by atoms with Gasteiger partial charge < -0.3 is 4.74 Å². The van der Waals surface area contributed by atoms with E-state index in [1.165, 1.54) is 31.2 Å². The molecule has 0 aromatic heterocycles. The highest BCUT2D eigenvalue weighted by Gasteiger charge is 2.32. The van der Waals surface area contributed by atoms with Crippen LogP contribution >= 0.6 is 11.6 Å². The van der Waals surface area contributed by atoms with E-state index in [0.29, 0.717) is 17.7 Å². The Balaban J connectivity index is 2.38. The van der Waals surface area contributed by atoms with Crippen LogP contribution in [-0.4, -0.2) is 5.78 Å². The number of benzene rings is 2. The van der Waals surface area contributed by atoms with E-state index < -0.39 is 28.3 Å². The molecule has 0 saturated carbocycles. The zero-order valence-electron chi connectivity index (χ0n) is 11.2. The Morgan fingerprint density at radius 2 is 1.86 bits per heavy atom. The van der Waals surface area contributed by atoms with Crippen LogP contribution in [0, 0.1) is 5.82 Å². The molecule has 0 N–H and O–H groups in total. The Morgan fingerprint density at radius 3 is 2.41 bits per heavy atom. The third kappa shape index (κ3) is 3.57. The molecule has 0 aliphatic rings. The molecule has 7 heteroatoms. The van der Waals surface area contributed by atoms with Crippen molar-refractivity contribution in [2.75, 3.05) is 0 Å². The second kappa shape index (κ2) is 5.96. The summed E-state index contributed by atoms with van der Waals surface area (Å²) in [5, 5.41) is -0.513. The van der Waals surface area contributed by atoms with Crippen LogP contribution in [0.5, 0.6) is 11.5 Å². The summed E-state index contributed by atoms with van der Waals surface area (Å²) >= 11 is 5.66. The minimum Gasteiger partial charge on any atom is -0.453 e. The summed E-state index contributed by atoms with van der Waals surface area (Å²) in [5.41, 5.74) is -0.888. The van der Waals surface area contributed by atoms with E-state index in [1.54, 1.807) is 0 Å². The summed E-state index contributed by atoms with van der Waals surface area (Å²) in [7, 11) is 0. The molecule has 0 spiro atoms. The molecule has 22 heavy (non-hydrogen) atoms. The highest BCUT2D eigenvalue weighted by atomic mass is 35.5. The molecule has 0 aliphatic heterocycles. The predicted molar refractivity (Wildman–Crippen MR) is 72.9 cm³/mol. The van der Waals surface area contributed by atoms with Gasteiger partial charge in [-0.3, -0.25) is 4.79 Å². The minimum absolute atomic E-state index is 0.0910. The highest BCUT2D eigenvalue weighted by molar-refractivity contribution is 6.32. The van der Waals surface area contributed by atoms with Crippen molar-refractivity contribution in [3.63, 3.8) is 0 Å². The summed E-state index contributed by atoms with van der Waals surface area (Å²) in [6.45, 7) is 1.34. The van der Waals surface area contributed by atoms with Crippen LogP contribution in [0.3, 0.4) is 0 Å². The van der Waals surface area contributed by atoms with Crippen molar-refractivity contribution in [2.45, 2.75) is 13.1 Å². The van der Waals surface area contributed by atoms with Gasteiger partial charge in [-0.2, -0.15) is 13.2 Å². The van der Waals surface area contributed by atoms with Crippen LogP contribution in [0.1, 0.15) is 22.8 Å². The van der Waals surface area contributed by atoms with Crippen molar-refractivity contribution in [2.24, 2.45) is 0 Å². The van der Waals surface area contributed by atoms with Crippen molar-refractivity contribution >= 4 is 17.4 Å². The summed E-state index contributed by atoms with van der Waals surface area (Å²) in [6, 6.07) is 6.68. The molecule has 0 aliphatic carbocycles. The monoisotopic (exact) mass is 332 g/mol. The highest BCUT2D eigenvalue weighted by Crippen LogP contribution is 2.38. The Morgan fingerprint density at radius 1 is 1.18 bits per heavy atom. The third-order valence-corrected chi connectivity index (χ3v) is 3.07. The maximum Gasteiger partial charge on any atom is 0.416 e. The molecule has 2 aromatic carbocycles. The Hall–Kier alpha value is -2.08. The molecule has 2 rings (SSSR count). The molecule has 0 saturated heterocycles. The largest absolute Gasteiger partial charge is 0.453 e. The summed E-state index contributed by atoms with van der Waals surface area (Å²) < 4.78 is 56.6. The molecule has 2 aromatic rings. The number of hydrogen-bond donors (Lipinski definition) is 0. The molecule has 0 bridgehead atoms. The third-order valence-electron chi connectivity index (χ3n) is 2.79. The van der Waals surface area contributed by atoms with Gasteiger partial charge in [-0.15, -0.1) is 0 Å². The molecule has 2 nitrogen and oxygen atoms in total. The molecule has 0 radical (unpaired) electrons. The van der Waals surface area contributed by atoms with Gasteiger partial charge in [-0.1, -0.05) is 23.7 Å². The summed E-state index contributed by atoms with van der Waals surface area (Å²) in [6.07, 6.45) is -4.71. The Labute approximate surface area is 128 Å². The van der Waals surface area contributed by atoms with E-state index in [-0.39, 0.29) is 11.5 Å².